The van der Waals surface area contributed by atoms with Crippen LogP contribution in [-0.4, -0.2) is 6.03 Å². The van der Waals surface area contributed by atoms with Gasteiger partial charge in [-0.15, -0.1) is 0 Å². The number of nitrogens with zero attached hydrogens (tertiary/aromatic N) is 1. The Kier molecular flexibility index (Phi) is 2.84. The summed E-state index contributed by atoms with van der Waals surface area (Å²) in [7, 11) is 0. The van der Waals surface area contributed by atoms with E-state index in [1.54, 1.807) is 12.1 Å². The topological polar surface area (TPSA) is 84.4 Å². The molecular weight excluding hydrogens is 168 g/mol. The Bertz CT molecular complexity index is 296. The molecule has 1 aromatic carbocycles. The minimum absolute atomic E-state index is 0.552. The Morgan fingerprint density at radius 1 is 1.38 bits per heavy atom. The molecule has 1 aromatic rings. The van der Waals surface area contributed by atoms with Gasteiger partial charge in [-0.2, -0.15) is 0 Å². The smallest absolute Gasteiger partial charge is 0.274 e. The van der Waals surface area contributed by atoms with Gasteiger partial charge in [0.25, 0.3) is 0 Å². The number of benzene rings is 1. The fourth-order valence-electron chi connectivity index (χ4n) is 0.892. The van der Waals surface area contributed by atoms with Gasteiger partial charge in [0.05, 0.1) is 5.69 Å². The number of hydrazine groups is 2. The standard InChI is InChI=1S/C8H12N4O/c1-6-2-4-7(5-3-6)12(10)8(13)11-9/h2-5H,9-10H2,1H3,(H,11,13). The van der Waals surface area contributed by atoms with E-state index in [9.17, 15) is 4.79 Å². The zero-order valence-corrected chi connectivity index (χ0v) is 7.32. The first kappa shape index (κ1) is 9.50. The maximum absolute atomic E-state index is 11.0. The Morgan fingerprint density at radius 2 is 1.92 bits per heavy atom. The Labute approximate surface area is 76.3 Å². The molecule has 0 saturated carbocycles. The van der Waals surface area contributed by atoms with Crippen molar-refractivity contribution in [2.45, 2.75) is 6.92 Å². The number of amides is 2. The molecule has 0 fully saturated rings. The zero-order chi connectivity index (χ0) is 9.84. The molecule has 0 heterocycles. The number of aryl methyl sites for hydroxylation is 1. The molecule has 0 radical (unpaired) electrons. The van der Waals surface area contributed by atoms with Crippen LogP contribution < -0.4 is 22.1 Å². The first-order chi connectivity index (χ1) is 6.15. The molecule has 0 aliphatic heterocycles. The van der Waals surface area contributed by atoms with Crippen LogP contribution >= 0.6 is 0 Å². The summed E-state index contributed by atoms with van der Waals surface area (Å²) < 4.78 is 0. The molecule has 0 aliphatic rings. The van der Waals surface area contributed by atoms with Gasteiger partial charge >= 0.3 is 6.03 Å². The van der Waals surface area contributed by atoms with Crippen molar-refractivity contribution in [2.75, 3.05) is 5.01 Å². The predicted molar refractivity (Wildman–Crippen MR) is 50.6 cm³/mol. The summed E-state index contributed by atoms with van der Waals surface area (Å²) in [6.45, 7) is 1.95. The number of carbonyl (C=O) groups excluding carboxylic acids is 1. The third kappa shape index (κ3) is 2.17. The van der Waals surface area contributed by atoms with Crippen molar-refractivity contribution in [3.63, 3.8) is 0 Å². The number of nitrogens with one attached hydrogen (secondary N) is 1. The Morgan fingerprint density at radius 3 is 2.38 bits per heavy atom. The minimum atomic E-state index is -0.552. The van der Waals surface area contributed by atoms with Crippen LogP contribution in [0.5, 0.6) is 0 Å². The number of hydrogen-bond acceptors (Lipinski definition) is 3. The van der Waals surface area contributed by atoms with Crippen molar-refractivity contribution in [3.05, 3.63) is 29.8 Å². The van der Waals surface area contributed by atoms with E-state index in [0.29, 0.717) is 5.69 Å². The van der Waals surface area contributed by atoms with Crippen molar-refractivity contribution in [3.8, 4) is 0 Å². The van der Waals surface area contributed by atoms with Crippen molar-refractivity contribution in [1.82, 2.24) is 5.43 Å². The zero-order valence-electron chi connectivity index (χ0n) is 7.32. The molecule has 70 valence electrons. The lowest BCUT2D eigenvalue weighted by Crippen LogP contribution is -2.47. The molecular formula is C8H12N4O. The summed E-state index contributed by atoms with van der Waals surface area (Å²) >= 11 is 0. The molecule has 0 bridgehead atoms. The molecule has 0 saturated heterocycles. The number of hydrogen-bond donors (Lipinski definition) is 3. The van der Waals surface area contributed by atoms with Gasteiger partial charge in [0.1, 0.15) is 0 Å². The SMILES string of the molecule is Cc1ccc(N(N)C(=O)NN)cc1. The van der Waals surface area contributed by atoms with Crippen LogP contribution in [0.3, 0.4) is 0 Å². The maximum Gasteiger partial charge on any atom is 0.350 e. The normalized spacial score (nSPS) is 9.46. The van der Waals surface area contributed by atoms with Crippen molar-refractivity contribution in [2.24, 2.45) is 11.7 Å². The summed E-state index contributed by atoms with van der Waals surface area (Å²) in [5, 5.41) is 0.944. The molecule has 2 amide bonds. The van der Waals surface area contributed by atoms with Crippen LogP contribution in [0.15, 0.2) is 24.3 Å². The van der Waals surface area contributed by atoms with Crippen LogP contribution in [0.4, 0.5) is 10.5 Å². The van der Waals surface area contributed by atoms with Gasteiger partial charge in [0, 0.05) is 0 Å². The highest BCUT2D eigenvalue weighted by Gasteiger charge is 2.08. The number of carbonyl (C=O) groups is 1. The molecule has 5 heteroatoms. The fraction of sp³-hybridized carbons (Fsp3) is 0.125. The Hall–Kier alpha value is -1.59. The van der Waals surface area contributed by atoms with Gasteiger partial charge in [0.15, 0.2) is 0 Å². The van der Waals surface area contributed by atoms with E-state index in [1.807, 2.05) is 24.5 Å². The predicted octanol–water partition coefficient (Wildman–Crippen LogP) is 0.258. The third-order valence-corrected chi connectivity index (χ3v) is 1.65. The molecule has 1 rings (SSSR count). The third-order valence-electron chi connectivity index (χ3n) is 1.65. The van der Waals surface area contributed by atoms with Gasteiger partial charge in [-0.25, -0.2) is 21.5 Å². The molecule has 13 heavy (non-hydrogen) atoms. The lowest BCUT2D eigenvalue weighted by molar-refractivity contribution is 0.246. The van der Waals surface area contributed by atoms with Crippen LogP contribution in [0.2, 0.25) is 0 Å². The first-order valence-corrected chi connectivity index (χ1v) is 3.77. The van der Waals surface area contributed by atoms with Gasteiger partial charge in [-0.05, 0) is 19.1 Å². The number of rotatable bonds is 1. The number of nitrogens with two attached hydrogens (primary N) is 2. The van der Waals surface area contributed by atoms with Gasteiger partial charge in [0.2, 0.25) is 0 Å². The van der Waals surface area contributed by atoms with Crippen LogP contribution in [0, 0.1) is 6.92 Å². The fourth-order valence-corrected chi connectivity index (χ4v) is 0.892. The average molecular weight is 180 g/mol. The van der Waals surface area contributed by atoms with Crippen LogP contribution in [0.25, 0.3) is 0 Å². The number of anilines is 1. The highest BCUT2D eigenvalue weighted by molar-refractivity contribution is 5.90. The monoisotopic (exact) mass is 180 g/mol. The molecule has 5 nitrogen and oxygen atoms in total. The summed E-state index contributed by atoms with van der Waals surface area (Å²) in [5.41, 5.74) is 3.63. The van der Waals surface area contributed by atoms with Crippen LogP contribution in [0.1, 0.15) is 5.56 Å². The maximum atomic E-state index is 11.0. The molecule has 0 aromatic heterocycles. The highest BCUT2D eigenvalue weighted by Crippen LogP contribution is 2.11. The quantitative estimate of drug-likeness (QED) is 0.329. The van der Waals surface area contributed by atoms with Crippen molar-refractivity contribution in [1.29, 1.82) is 0 Å². The summed E-state index contributed by atoms with van der Waals surface area (Å²) in [4.78, 5) is 11.0. The molecule has 0 atom stereocenters. The average Bonchev–Trinajstić information content (AvgIpc) is 2.17. The van der Waals surface area contributed by atoms with Gasteiger partial charge in [-0.3, -0.25) is 5.43 Å². The summed E-state index contributed by atoms with van der Waals surface area (Å²) in [6.07, 6.45) is 0. The van der Waals surface area contributed by atoms with E-state index >= 15 is 0 Å². The second kappa shape index (κ2) is 3.88. The Balaban J connectivity index is 2.83. The van der Waals surface area contributed by atoms with Crippen LogP contribution in [-0.2, 0) is 0 Å². The van der Waals surface area contributed by atoms with E-state index in [4.69, 9.17) is 11.7 Å². The number of urea groups is 1. The molecule has 0 aliphatic carbocycles. The van der Waals surface area contributed by atoms with E-state index in [1.165, 1.54) is 0 Å². The lowest BCUT2D eigenvalue weighted by Gasteiger charge is -2.15. The highest BCUT2D eigenvalue weighted by atomic mass is 16.2. The van der Waals surface area contributed by atoms with E-state index in [0.717, 1.165) is 10.6 Å². The van der Waals surface area contributed by atoms with E-state index in [-0.39, 0.29) is 0 Å². The molecule has 5 N–H and O–H groups in total. The van der Waals surface area contributed by atoms with Crippen molar-refractivity contribution < 1.29 is 4.79 Å². The van der Waals surface area contributed by atoms with E-state index in [2.05, 4.69) is 0 Å². The van der Waals surface area contributed by atoms with Gasteiger partial charge < -0.3 is 0 Å². The first-order valence-electron chi connectivity index (χ1n) is 3.77. The second-order valence-corrected chi connectivity index (χ2v) is 2.66. The lowest BCUT2D eigenvalue weighted by atomic mass is 10.2. The second-order valence-electron chi connectivity index (χ2n) is 2.66. The van der Waals surface area contributed by atoms with Crippen molar-refractivity contribution >= 4 is 11.7 Å². The molecule has 0 unspecified atom stereocenters. The minimum Gasteiger partial charge on any atom is -0.274 e. The summed E-state index contributed by atoms with van der Waals surface area (Å²) in [6, 6.07) is 6.65. The summed E-state index contributed by atoms with van der Waals surface area (Å²) in [5.74, 6) is 10.4. The molecule has 0 spiro atoms. The van der Waals surface area contributed by atoms with E-state index < -0.39 is 6.03 Å². The largest absolute Gasteiger partial charge is 0.350 e. The van der Waals surface area contributed by atoms with Gasteiger partial charge in [-0.1, -0.05) is 17.7 Å².